The number of aliphatic hydroxyl groups excluding tert-OH is 1. The number of rotatable bonds is 3. The second-order valence-corrected chi connectivity index (χ2v) is 4.01. The molecule has 0 spiro atoms. The van der Waals surface area contributed by atoms with Crippen molar-refractivity contribution in [3.05, 3.63) is 35.9 Å². The molecule has 4 nitrogen and oxygen atoms in total. The zero-order valence-electron chi connectivity index (χ0n) is 9.02. The Morgan fingerprint density at radius 3 is 2.81 bits per heavy atom. The maximum Gasteiger partial charge on any atom is 0.253 e. The van der Waals surface area contributed by atoms with Gasteiger partial charge in [0.05, 0.1) is 0 Å². The lowest BCUT2D eigenvalue weighted by Gasteiger charge is -2.15. The average molecular weight is 220 g/mol. The topological polar surface area (TPSA) is 61.4 Å². The van der Waals surface area contributed by atoms with Gasteiger partial charge in [0.1, 0.15) is 0 Å². The quantitative estimate of drug-likeness (QED) is 0.682. The Morgan fingerprint density at radius 2 is 2.19 bits per heavy atom. The van der Waals surface area contributed by atoms with E-state index in [1.807, 2.05) is 18.2 Å². The van der Waals surface area contributed by atoms with Crippen molar-refractivity contribution < 1.29 is 9.90 Å². The predicted octanol–water partition coefficient (Wildman–Crippen LogP) is 0.198. The van der Waals surface area contributed by atoms with Crippen LogP contribution >= 0.6 is 0 Å². The van der Waals surface area contributed by atoms with Gasteiger partial charge < -0.3 is 15.7 Å². The van der Waals surface area contributed by atoms with Crippen molar-refractivity contribution in [2.45, 2.75) is 18.6 Å². The molecular formula is C12H16N2O2. The first kappa shape index (κ1) is 11.1. The fourth-order valence-corrected chi connectivity index (χ4v) is 1.84. The third-order valence-electron chi connectivity index (χ3n) is 2.77. The number of benzene rings is 1. The Morgan fingerprint density at radius 1 is 1.44 bits per heavy atom. The highest BCUT2D eigenvalue weighted by atomic mass is 16.3. The molecule has 3 N–H and O–H groups in total. The molecule has 1 saturated heterocycles. The third-order valence-corrected chi connectivity index (χ3v) is 2.77. The second-order valence-electron chi connectivity index (χ2n) is 4.01. The molecule has 86 valence electrons. The van der Waals surface area contributed by atoms with Crippen LogP contribution in [0, 0.1) is 0 Å². The Bertz CT molecular complexity index is 347. The molecule has 0 aromatic heterocycles. The highest BCUT2D eigenvalue weighted by Gasteiger charge is 2.22. The van der Waals surface area contributed by atoms with Crippen LogP contribution in [0.5, 0.6) is 0 Å². The highest BCUT2D eigenvalue weighted by molar-refractivity contribution is 5.82. The van der Waals surface area contributed by atoms with Crippen LogP contribution in [0.25, 0.3) is 0 Å². The number of carbonyl (C=O) groups excluding carboxylic acids is 1. The van der Waals surface area contributed by atoms with Gasteiger partial charge in [0.15, 0.2) is 6.10 Å². The molecule has 1 aromatic rings. The summed E-state index contributed by atoms with van der Waals surface area (Å²) in [5, 5.41) is 15.8. The van der Waals surface area contributed by atoms with E-state index in [-0.39, 0.29) is 11.9 Å². The van der Waals surface area contributed by atoms with Gasteiger partial charge in [-0.3, -0.25) is 4.79 Å². The molecule has 16 heavy (non-hydrogen) atoms. The first-order valence-corrected chi connectivity index (χ1v) is 5.51. The molecule has 1 aliphatic rings. The van der Waals surface area contributed by atoms with Crippen LogP contribution in [0.1, 0.15) is 18.1 Å². The minimum Gasteiger partial charge on any atom is -0.378 e. The zero-order valence-corrected chi connectivity index (χ0v) is 9.02. The van der Waals surface area contributed by atoms with Crippen molar-refractivity contribution in [1.29, 1.82) is 0 Å². The van der Waals surface area contributed by atoms with Crippen molar-refractivity contribution in [1.82, 2.24) is 10.6 Å². The number of nitrogens with one attached hydrogen (secondary N) is 2. The summed E-state index contributed by atoms with van der Waals surface area (Å²) in [5.74, 6) is -0.320. The summed E-state index contributed by atoms with van der Waals surface area (Å²) in [4.78, 5) is 11.7. The number of carbonyl (C=O) groups is 1. The summed E-state index contributed by atoms with van der Waals surface area (Å²) in [5.41, 5.74) is 0.631. The van der Waals surface area contributed by atoms with E-state index in [4.69, 9.17) is 0 Å². The van der Waals surface area contributed by atoms with Gasteiger partial charge in [-0.1, -0.05) is 30.3 Å². The lowest BCUT2D eigenvalue weighted by molar-refractivity contribution is -0.130. The van der Waals surface area contributed by atoms with E-state index in [2.05, 4.69) is 10.6 Å². The Balaban J connectivity index is 1.94. The summed E-state index contributed by atoms with van der Waals surface area (Å²) in [7, 11) is 0. The monoisotopic (exact) mass is 220 g/mol. The highest BCUT2D eigenvalue weighted by Crippen LogP contribution is 2.12. The van der Waals surface area contributed by atoms with Gasteiger partial charge in [-0.15, -0.1) is 0 Å². The first-order valence-electron chi connectivity index (χ1n) is 5.51. The van der Waals surface area contributed by atoms with Crippen LogP contribution in [0.15, 0.2) is 30.3 Å². The van der Waals surface area contributed by atoms with E-state index in [0.29, 0.717) is 5.56 Å². The smallest absolute Gasteiger partial charge is 0.253 e. The van der Waals surface area contributed by atoms with Crippen molar-refractivity contribution >= 4 is 5.91 Å². The van der Waals surface area contributed by atoms with Crippen LogP contribution in [0.2, 0.25) is 0 Å². The lowest BCUT2D eigenvalue weighted by atomic mass is 10.1. The molecule has 2 rings (SSSR count). The van der Waals surface area contributed by atoms with Gasteiger partial charge in [0, 0.05) is 12.6 Å². The molecule has 1 aliphatic heterocycles. The molecular weight excluding hydrogens is 204 g/mol. The van der Waals surface area contributed by atoms with E-state index in [1.165, 1.54) is 0 Å². The molecule has 1 heterocycles. The standard InChI is InChI=1S/C12H16N2O2/c15-11(9-4-2-1-3-5-9)12(16)14-10-6-7-13-8-10/h1-5,10-11,13,15H,6-8H2,(H,14,16). The SMILES string of the molecule is O=C(NC1CCNC1)C(O)c1ccccc1. The molecule has 2 atom stereocenters. The van der Waals surface area contributed by atoms with Crippen LogP contribution in [-0.4, -0.2) is 30.1 Å². The molecule has 1 amide bonds. The van der Waals surface area contributed by atoms with Crippen LogP contribution in [0.4, 0.5) is 0 Å². The molecule has 0 bridgehead atoms. The summed E-state index contributed by atoms with van der Waals surface area (Å²) < 4.78 is 0. The maximum absolute atomic E-state index is 11.7. The van der Waals surface area contributed by atoms with Gasteiger partial charge in [-0.25, -0.2) is 0 Å². The van der Waals surface area contributed by atoms with Crippen LogP contribution in [-0.2, 0) is 4.79 Å². The number of amides is 1. The molecule has 0 aliphatic carbocycles. The van der Waals surface area contributed by atoms with Crippen molar-refractivity contribution in [3.63, 3.8) is 0 Å². The summed E-state index contributed by atoms with van der Waals surface area (Å²) >= 11 is 0. The average Bonchev–Trinajstić information content (AvgIpc) is 2.82. The van der Waals surface area contributed by atoms with Crippen LogP contribution in [0.3, 0.4) is 0 Å². The van der Waals surface area contributed by atoms with Crippen LogP contribution < -0.4 is 10.6 Å². The molecule has 0 saturated carbocycles. The fraction of sp³-hybridized carbons (Fsp3) is 0.417. The van der Waals surface area contributed by atoms with E-state index >= 15 is 0 Å². The molecule has 1 aromatic carbocycles. The molecule has 4 heteroatoms. The lowest BCUT2D eigenvalue weighted by Crippen LogP contribution is -2.39. The van der Waals surface area contributed by atoms with E-state index in [1.54, 1.807) is 12.1 Å². The Hall–Kier alpha value is -1.39. The van der Waals surface area contributed by atoms with Gasteiger partial charge in [-0.2, -0.15) is 0 Å². The van der Waals surface area contributed by atoms with E-state index in [9.17, 15) is 9.90 Å². The van der Waals surface area contributed by atoms with Gasteiger partial charge in [-0.05, 0) is 18.5 Å². The second kappa shape index (κ2) is 5.09. The maximum atomic E-state index is 11.7. The van der Waals surface area contributed by atoms with Crippen molar-refractivity contribution in [2.24, 2.45) is 0 Å². The first-order chi connectivity index (χ1) is 7.77. The van der Waals surface area contributed by atoms with Crippen molar-refractivity contribution in [3.8, 4) is 0 Å². The summed E-state index contributed by atoms with van der Waals surface area (Å²) in [6.45, 7) is 1.71. The molecule has 0 radical (unpaired) electrons. The number of hydrogen-bond acceptors (Lipinski definition) is 3. The van der Waals surface area contributed by atoms with Gasteiger partial charge >= 0.3 is 0 Å². The molecule has 1 fully saturated rings. The van der Waals surface area contributed by atoms with E-state index < -0.39 is 6.10 Å². The Labute approximate surface area is 94.7 Å². The Kier molecular flexibility index (Phi) is 3.54. The van der Waals surface area contributed by atoms with Crippen molar-refractivity contribution in [2.75, 3.05) is 13.1 Å². The van der Waals surface area contributed by atoms with Gasteiger partial charge in [0.25, 0.3) is 5.91 Å². The predicted molar refractivity (Wildman–Crippen MR) is 60.8 cm³/mol. The minimum absolute atomic E-state index is 0.144. The number of hydrogen-bond donors (Lipinski definition) is 3. The number of aliphatic hydroxyl groups is 1. The fourth-order valence-electron chi connectivity index (χ4n) is 1.84. The third kappa shape index (κ3) is 2.59. The summed E-state index contributed by atoms with van der Waals surface area (Å²) in [6, 6.07) is 9.11. The zero-order chi connectivity index (χ0) is 11.4. The normalized spacial score (nSPS) is 21.7. The largest absolute Gasteiger partial charge is 0.378 e. The van der Waals surface area contributed by atoms with Gasteiger partial charge in [0.2, 0.25) is 0 Å². The minimum atomic E-state index is -1.07. The molecule has 2 unspecified atom stereocenters. The summed E-state index contributed by atoms with van der Waals surface area (Å²) in [6.07, 6.45) is -0.144. The van der Waals surface area contributed by atoms with E-state index in [0.717, 1.165) is 19.5 Å².